The Balaban J connectivity index is 2.29. The molecule has 0 spiro atoms. The number of aromatic nitrogens is 1. The first-order chi connectivity index (χ1) is 7.80. The van der Waals surface area contributed by atoms with E-state index in [1.54, 1.807) is 13.3 Å². The average molecular weight is 216 g/mol. The van der Waals surface area contributed by atoms with Crippen molar-refractivity contribution in [2.45, 2.75) is 37.5 Å². The number of methoxy groups -OCH3 is 1. The van der Waals surface area contributed by atoms with Gasteiger partial charge in [-0.15, -0.1) is 0 Å². The number of pyridine rings is 1. The molecule has 0 radical (unpaired) electrons. The Morgan fingerprint density at radius 3 is 2.56 bits per heavy atom. The van der Waals surface area contributed by atoms with Crippen molar-refractivity contribution in [3.05, 3.63) is 24.0 Å². The summed E-state index contributed by atoms with van der Waals surface area (Å²) >= 11 is 0. The van der Waals surface area contributed by atoms with Gasteiger partial charge in [0.25, 0.3) is 0 Å². The largest absolute Gasteiger partial charge is 0.495 e. The van der Waals surface area contributed by atoms with Gasteiger partial charge in [-0.2, -0.15) is 5.26 Å². The van der Waals surface area contributed by atoms with E-state index in [1.165, 1.54) is 6.42 Å². The standard InChI is InChI=1S/C13H16N2O/c1-16-11-5-6-12(15-9-11)13(10-14)7-3-2-4-8-13/h5-6,9H,2-4,7-8H2,1H3. The first kappa shape index (κ1) is 10.9. The smallest absolute Gasteiger partial charge is 0.137 e. The zero-order chi connectivity index (χ0) is 11.4. The summed E-state index contributed by atoms with van der Waals surface area (Å²) in [6.45, 7) is 0. The van der Waals surface area contributed by atoms with E-state index < -0.39 is 0 Å². The van der Waals surface area contributed by atoms with Crippen LogP contribution in [0.25, 0.3) is 0 Å². The molecule has 84 valence electrons. The van der Waals surface area contributed by atoms with Crippen LogP contribution in [0.4, 0.5) is 0 Å². The van der Waals surface area contributed by atoms with Gasteiger partial charge in [0, 0.05) is 0 Å². The highest BCUT2D eigenvalue weighted by Gasteiger charge is 2.35. The fourth-order valence-corrected chi connectivity index (χ4v) is 2.36. The van der Waals surface area contributed by atoms with Crippen molar-refractivity contribution in [1.82, 2.24) is 4.98 Å². The zero-order valence-electron chi connectivity index (χ0n) is 9.57. The first-order valence-corrected chi connectivity index (χ1v) is 5.72. The van der Waals surface area contributed by atoms with E-state index in [4.69, 9.17) is 4.74 Å². The Morgan fingerprint density at radius 2 is 2.06 bits per heavy atom. The van der Waals surface area contributed by atoms with Crippen LogP contribution in [0.3, 0.4) is 0 Å². The van der Waals surface area contributed by atoms with E-state index in [1.807, 2.05) is 12.1 Å². The molecule has 0 aliphatic heterocycles. The second-order valence-electron chi connectivity index (χ2n) is 4.34. The number of hydrogen-bond acceptors (Lipinski definition) is 3. The minimum Gasteiger partial charge on any atom is -0.495 e. The van der Waals surface area contributed by atoms with E-state index in [0.29, 0.717) is 0 Å². The molecule has 0 saturated heterocycles. The van der Waals surface area contributed by atoms with Gasteiger partial charge in [0.15, 0.2) is 0 Å². The maximum Gasteiger partial charge on any atom is 0.137 e. The van der Waals surface area contributed by atoms with Gasteiger partial charge in [0.1, 0.15) is 5.75 Å². The van der Waals surface area contributed by atoms with E-state index >= 15 is 0 Å². The predicted molar refractivity (Wildman–Crippen MR) is 61.2 cm³/mol. The molecule has 3 nitrogen and oxygen atoms in total. The van der Waals surface area contributed by atoms with Crippen molar-refractivity contribution in [1.29, 1.82) is 5.26 Å². The molecule has 0 unspecified atom stereocenters. The molecule has 1 heterocycles. The summed E-state index contributed by atoms with van der Waals surface area (Å²) in [5.74, 6) is 0.743. The highest BCUT2D eigenvalue weighted by Crippen LogP contribution is 2.38. The molecule has 1 aliphatic carbocycles. The fourth-order valence-electron chi connectivity index (χ4n) is 2.36. The minimum absolute atomic E-state index is 0.357. The number of ether oxygens (including phenoxy) is 1. The molecule has 1 aromatic rings. The van der Waals surface area contributed by atoms with Crippen LogP contribution in [0.5, 0.6) is 5.75 Å². The van der Waals surface area contributed by atoms with Gasteiger partial charge < -0.3 is 4.74 Å². The summed E-state index contributed by atoms with van der Waals surface area (Å²) in [6, 6.07) is 6.28. The van der Waals surface area contributed by atoms with Gasteiger partial charge >= 0.3 is 0 Å². The lowest BCUT2D eigenvalue weighted by Gasteiger charge is -2.29. The molecule has 0 aromatic carbocycles. The second-order valence-corrected chi connectivity index (χ2v) is 4.34. The van der Waals surface area contributed by atoms with Crippen molar-refractivity contribution < 1.29 is 4.74 Å². The topological polar surface area (TPSA) is 45.9 Å². The molecule has 16 heavy (non-hydrogen) atoms. The Hall–Kier alpha value is -1.56. The molecular formula is C13H16N2O. The molecular weight excluding hydrogens is 200 g/mol. The van der Waals surface area contributed by atoms with Gasteiger partial charge in [-0.1, -0.05) is 19.3 Å². The van der Waals surface area contributed by atoms with Crippen molar-refractivity contribution in [3.63, 3.8) is 0 Å². The lowest BCUT2D eigenvalue weighted by Crippen LogP contribution is -2.28. The molecule has 0 amide bonds. The lowest BCUT2D eigenvalue weighted by molar-refractivity contribution is 0.356. The Morgan fingerprint density at radius 1 is 1.31 bits per heavy atom. The van der Waals surface area contributed by atoms with Crippen LogP contribution in [0.1, 0.15) is 37.8 Å². The SMILES string of the molecule is COc1ccc(C2(C#N)CCCCC2)nc1. The molecule has 3 heteroatoms. The van der Waals surface area contributed by atoms with Gasteiger partial charge in [-0.3, -0.25) is 4.98 Å². The molecule has 0 atom stereocenters. The van der Waals surface area contributed by atoms with Gasteiger partial charge in [-0.05, 0) is 25.0 Å². The molecule has 1 aliphatic rings. The number of nitriles is 1. The lowest BCUT2D eigenvalue weighted by atomic mass is 9.73. The van der Waals surface area contributed by atoms with Crippen molar-refractivity contribution >= 4 is 0 Å². The molecule has 0 bridgehead atoms. The first-order valence-electron chi connectivity index (χ1n) is 5.72. The van der Waals surface area contributed by atoms with E-state index in [9.17, 15) is 5.26 Å². The van der Waals surface area contributed by atoms with Crippen LogP contribution >= 0.6 is 0 Å². The third-order valence-electron chi connectivity index (χ3n) is 3.38. The Bertz CT molecular complexity index is 385. The van der Waals surface area contributed by atoms with Crippen molar-refractivity contribution in [3.8, 4) is 11.8 Å². The molecule has 0 N–H and O–H groups in total. The normalized spacial score (nSPS) is 18.8. The van der Waals surface area contributed by atoms with Crippen molar-refractivity contribution in [2.24, 2.45) is 0 Å². The molecule has 2 rings (SSSR count). The summed E-state index contributed by atoms with van der Waals surface area (Å²) in [5, 5.41) is 9.40. The molecule has 1 saturated carbocycles. The third-order valence-corrected chi connectivity index (χ3v) is 3.38. The summed E-state index contributed by atoms with van der Waals surface area (Å²) in [5.41, 5.74) is 0.542. The van der Waals surface area contributed by atoms with E-state index in [0.717, 1.165) is 37.1 Å². The van der Waals surface area contributed by atoms with Crippen LogP contribution < -0.4 is 4.74 Å². The highest BCUT2D eigenvalue weighted by molar-refractivity contribution is 5.30. The average Bonchev–Trinajstić information content (AvgIpc) is 2.39. The quantitative estimate of drug-likeness (QED) is 0.763. The van der Waals surface area contributed by atoms with Crippen LogP contribution in [0, 0.1) is 11.3 Å². The predicted octanol–water partition coefficient (Wildman–Crippen LogP) is 2.82. The number of rotatable bonds is 2. The van der Waals surface area contributed by atoms with Crippen LogP contribution in [-0.2, 0) is 5.41 Å². The van der Waals surface area contributed by atoms with Gasteiger partial charge in [0.2, 0.25) is 0 Å². The monoisotopic (exact) mass is 216 g/mol. The van der Waals surface area contributed by atoms with Crippen LogP contribution in [-0.4, -0.2) is 12.1 Å². The van der Waals surface area contributed by atoms with Crippen LogP contribution in [0.15, 0.2) is 18.3 Å². The molecule has 1 fully saturated rings. The van der Waals surface area contributed by atoms with E-state index in [2.05, 4.69) is 11.1 Å². The fraction of sp³-hybridized carbons (Fsp3) is 0.538. The number of hydrogen-bond donors (Lipinski definition) is 0. The highest BCUT2D eigenvalue weighted by atomic mass is 16.5. The zero-order valence-corrected chi connectivity index (χ0v) is 9.57. The van der Waals surface area contributed by atoms with Gasteiger partial charge in [-0.25, -0.2) is 0 Å². The maximum atomic E-state index is 9.40. The summed E-state index contributed by atoms with van der Waals surface area (Å²) in [4.78, 5) is 4.37. The maximum absolute atomic E-state index is 9.40. The second kappa shape index (κ2) is 4.52. The summed E-state index contributed by atoms with van der Waals surface area (Å²) in [6.07, 6.45) is 7.05. The summed E-state index contributed by atoms with van der Waals surface area (Å²) in [7, 11) is 1.62. The third kappa shape index (κ3) is 1.88. The minimum atomic E-state index is -0.357. The number of nitrogens with zero attached hydrogens (tertiary/aromatic N) is 2. The van der Waals surface area contributed by atoms with Gasteiger partial charge in [0.05, 0.1) is 30.5 Å². The van der Waals surface area contributed by atoms with Crippen molar-refractivity contribution in [2.75, 3.05) is 7.11 Å². The molecule has 1 aromatic heterocycles. The van der Waals surface area contributed by atoms with E-state index in [-0.39, 0.29) is 5.41 Å². The van der Waals surface area contributed by atoms with Crippen LogP contribution in [0.2, 0.25) is 0 Å². The Kier molecular flexibility index (Phi) is 3.09. The summed E-state index contributed by atoms with van der Waals surface area (Å²) < 4.78 is 5.08. The Labute approximate surface area is 96.1 Å².